The van der Waals surface area contributed by atoms with Crippen molar-refractivity contribution < 1.29 is 4.21 Å². The van der Waals surface area contributed by atoms with Crippen LogP contribution in [0.3, 0.4) is 0 Å². The van der Waals surface area contributed by atoms with Gasteiger partial charge in [-0.1, -0.05) is 0 Å². The summed E-state index contributed by atoms with van der Waals surface area (Å²) in [5.41, 5.74) is 5.38. The van der Waals surface area contributed by atoms with Gasteiger partial charge in [-0.15, -0.1) is 0 Å². The second-order valence-corrected chi connectivity index (χ2v) is 4.91. The van der Waals surface area contributed by atoms with E-state index in [-0.39, 0.29) is 0 Å². The molecule has 0 aromatic carbocycles. The molecule has 0 unspecified atom stereocenters. The Labute approximate surface area is 76.6 Å². The van der Waals surface area contributed by atoms with Crippen molar-refractivity contribution in [2.45, 2.75) is 25.3 Å². The summed E-state index contributed by atoms with van der Waals surface area (Å²) in [6, 6.07) is 0.592. The second kappa shape index (κ2) is 5.67. The lowest BCUT2D eigenvalue weighted by molar-refractivity contribution is 0.472. The summed E-state index contributed by atoms with van der Waals surface area (Å²) in [7, 11) is -0.533. The zero-order valence-electron chi connectivity index (χ0n) is 7.42. The van der Waals surface area contributed by atoms with E-state index in [0.29, 0.717) is 6.04 Å². The van der Waals surface area contributed by atoms with Gasteiger partial charge in [0.15, 0.2) is 0 Å². The number of rotatable bonds is 4. The Balaban J connectivity index is 2.05. The van der Waals surface area contributed by atoms with E-state index in [2.05, 4.69) is 5.32 Å². The van der Waals surface area contributed by atoms with Crippen LogP contribution in [0.25, 0.3) is 0 Å². The molecular weight excluding hydrogens is 172 g/mol. The molecular formula is C8H18N2OS. The highest BCUT2D eigenvalue weighted by molar-refractivity contribution is 7.85. The average Bonchev–Trinajstić information content (AvgIpc) is 2.09. The summed E-state index contributed by atoms with van der Waals surface area (Å²) in [5, 5.41) is 3.43. The van der Waals surface area contributed by atoms with Gasteiger partial charge in [-0.25, -0.2) is 0 Å². The molecule has 0 atom stereocenters. The first-order valence-corrected chi connectivity index (χ1v) is 6.10. The molecule has 3 N–H and O–H groups in total. The van der Waals surface area contributed by atoms with Crippen LogP contribution in [0.15, 0.2) is 0 Å². The van der Waals surface area contributed by atoms with Crippen LogP contribution in [0.5, 0.6) is 0 Å². The second-order valence-electron chi connectivity index (χ2n) is 3.22. The first kappa shape index (κ1) is 10.2. The first-order valence-electron chi connectivity index (χ1n) is 4.61. The maximum Gasteiger partial charge on any atom is 0.0249 e. The molecule has 1 saturated heterocycles. The largest absolute Gasteiger partial charge is 0.330 e. The summed E-state index contributed by atoms with van der Waals surface area (Å²) in [6.45, 7) is 1.76. The molecule has 72 valence electrons. The Bertz CT molecular complexity index is 142. The molecule has 0 spiro atoms. The van der Waals surface area contributed by atoms with Crippen LogP contribution in [-0.4, -0.2) is 34.8 Å². The van der Waals surface area contributed by atoms with Crippen LogP contribution in [0.4, 0.5) is 0 Å². The highest BCUT2D eigenvalue weighted by Gasteiger charge is 2.16. The summed E-state index contributed by atoms with van der Waals surface area (Å²) in [5.74, 6) is 1.75. The maximum absolute atomic E-state index is 11.0. The third-order valence-corrected chi connectivity index (χ3v) is 3.58. The van der Waals surface area contributed by atoms with Crippen LogP contribution in [-0.2, 0) is 10.8 Å². The standard InChI is InChI=1S/C8H18N2OS/c9-4-1-5-10-8-2-6-12(11)7-3-8/h8,10H,1-7,9H2. The molecule has 0 amide bonds. The zero-order valence-corrected chi connectivity index (χ0v) is 8.24. The van der Waals surface area contributed by atoms with E-state index in [1.807, 2.05) is 0 Å². The number of hydrogen-bond acceptors (Lipinski definition) is 3. The summed E-state index contributed by atoms with van der Waals surface area (Å²) >= 11 is 0. The van der Waals surface area contributed by atoms with Crippen LogP contribution < -0.4 is 11.1 Å². The summed E-state index contributed by atoms with van der Waals surface area (Å²) < 4.78 is 11.0. The highest BCUT2D eigenvalue weighted by Crippen LogP contribution is 2.08. The molecule has 0 aromatic heterocycles. The average molecular weight is 190 g/mol. The maximum atomic E-state index is 11.0. The van der Waals surface area contributed by atoms with Crippen molar-refractivity contribution in [2.24, 2.45) is 5.73 Å². The highest BCUT2D eigenvalue weighted by atomic mass is 32.2. The van der Waals surface area contributed by atoms with E-state index in [0.717, 1.165) is 43.9 Å². The Hall–Kier alpha value is 0.0700. The number of nitrogens with two attached hydrogens (primary N) is 1. The molecule has 0 aromatic rings. The van der Waals surface area contributed by atoms with E-state index in [1.165, 1.54) is 0 Å². The fraction of sp³-hybridized carbons (Fsp3) is 1.00. The Morgan fingerprint density at radius 3 is 2.67 bits per heavy atom. The topological polar surface area (TPSA) is 55.1 Å². The van der Waals surface area contributed by atoms with Gasteiger partial charge in [-0.3, -0.25) is 4.21 Å². The fourth-order valence-electron chi connectivity index (χ4n) is 1.41. The molecule has 1 heterocycles. The van der Waals surface area contributed by atoms with Crippen LogP contribution in [0.2, 0.25) is 0 Å². The smallest absolute Gasteiger partial charge is 0.0249 e. The van der Waals surface area contributed by atoms with E-state index in [9.17, 15) is 4.21 Å². The number of nitrogens with one attached hydrogen (secondary N) is 1. The van der Waals surface area contributed by atoms with E-state index >= 15 is 0 Å². The monoisotopic (exact) mass is 190 g/mol. The van der Waals surface area contributed by atoms with Crippen molar-refractivity contribution in [1.29, 1.82) is 0 Å². The molecule has 0 saturated carbocycles. The van der Waals surface area contributed by atoms with Gasteiger partial charge in [-0.2, -0.15) is 0 Å². The lowest BCUT2D eigenvalue weighted by Crippen LogP contribution is -2.36. The van der Waals surface area contributed by atoms with Crippen molar-refractivity contribution in [3.63, 3.8) is 0 Å². The van der Waals surface area contributed by atoms with Crippen LogP contribution >= 0.6 is 0 Å². The molecule has 12 heavy (non-hydrogen) atoms. The minimum Gasteiger partial charge on any atom is -0.330 e. The van der Waals surface area contributed by atoms with Crippen molar-refractivity contribution in [1.82, 2.24) is 5.32 Å². The van der Waals surface area contributed by atoms with Gasteiger partial charge in [0, 0.05) is 28.3 Å². The quantitative estimate of drug-likeness (QED) is 0.606. The minimum atomic E-state index is -0.533. The fourth-order valence-corrected chi connectivity index (χ4v) is 2.71. The van der Waals surface area contributed by atoms with E-state index < -0.39 is 10.8 Å². The molecule has 1 aliphatic rings. The third-order valence-electron chi connectivity index (χ3n) is 2.20. The Morgan fingerprint density at radius 2 is 2.08 bits per heavy atom. The van der Waals surface area contributed by atoms with Crippen molar-refractivity contribution >= 4 is 10.8 Å². The van der Waals surface area contributed by atoms with Gasteiger partial charge in [-0.05, 0) is 32.4 Å². The molecule has 0 aliphatic carbocycles. The molecule has 0 bridgehead atoms. The molecule has 1 rings (SSSR count). The molecule has 1 aliphatic heterocycles. The third kappa shape index (κ3) is 3.65. The van der Waals surface area contributed by atoms with E-state index in [1.54, 1.807) is 0 Å². The SMILES string of the molecule is NCCCNC1CCS(=O)CC1. The molecule has 0 radical (unpaired) electrons. The van der Waals surface area contributed by atoms with Gasteiger partial charge in [0.05, 0.1) is 0 Å². The first-order chi connectivity index (χ1) is 5.83. The van der Waals surface area contributed by atoms with Crippen LogP contribution in [0, 0.1) is 0 Å². The lowest BCUT2D eigenvalue weighted by Gasteiger charge is -2.22. The number of hydrogen-bond donors (Lipinski definition) is 2. The van der Waals surface area contributed by atoms with Gasteiger partial charge < -0.3 is 11.1 Å². The predicted octanol–water partition coefficient (Wildman–Crippen LogP) is -0.164. The van der Waals surface area contributed by atoms with E-state index in [4.69, 9.17) is 5.73 Å². The predicted molar refractivity (Wildman–Crippen MR) is 52.6 cm³/mol. The Morgan fingerprint density at radius 1 is 1.42 bits per heavy atom. The molecule has 4 heteroatoms. The minimum absolute atomic E-state index is 0.533. The van der Waals surface area contributed by atoms with Crippen LogP contribution in [0.1, 0.15) is 19.3 Å². The van der Waals surface area contributed by atoms with Crippen molar-refractivity contribution in [3.8, 4) is 0 Å². The molecule has 1 fully saturated rings. The van der Waals surface area contributed by atoms with Gasteiger partial charge in [0.1, 0.15) is 0 Å². The van der Waals surface area contributed by atoms with Crippen molar-refractivity contribution in [3.05, 3.63) is 0 Å². The van der Waals surface area contributed by atoms with Gasteiger partial charge >= 0.3 is 0 Å². The summed E-state index contributed by atoms with van der Waals surface area (Å²) in [6.07, 6.45) is 3.17. The van der Waals surface area contributed by atoms with Gasteiger partial charge in [0.25, 0.3) is 0 Å². The normalized spacial score (nSPS) is 30.4. The summed E-state index contributed by atoms with van der Waals surface area (Å²) in [4.78, 5) is 0. The zero-order chi connectivity index (χ0) is 8.81. The lowest BCUT2D eigenvalue weighted by atomic mass is 10.1. The van der Waals surface area contributed by atoms with Gasteiger partial charge in [0.2, 0.25) is 0 Å². The molecule has 3 nitrogen and oxygen atoms in total. The van der Waals surface area contributed by atoms with Crippen molar-refractivity contribution in [2.75, 3.05) is 24.6 Å². The Kier molecular flexibility index (Phi) is 4.80.